The second kappa shape index (κ2) is 11.7. The highest BCUT2D eigenvalue weighted by molar-refractivity contribution is 8.01. The van der Waals surface area contributed by atoms with Crippen LogP contribution in [0.5, 0.6) is 5.75 Å². The molecule has 8 heteroatoms. The van der Waals surface area contributed by atoms with E-state index in [0.29, 0.717) is 12.8 Å². The van der Waals surface area contributed by atoms with E-state index in [4.69, 9.17) is 4.74 Å². The van der Waals surface area contributed by atoms with E-state index in [1.165, 1.54) is 4.21 Å². The Kier molecular flexibility index (Phi) is 8.70. The van der Waals surface area contributed by atoms with Crippen LogP contribution < -0.4 is 4.74 Å². The number of carboxylic acids is 1. The number of rotatable bonds is 11. The number of carboxylic acid groups (broad SMARTS) is 1. The van der Waals surface area contributed by atoms with Crippen LogP contribution in [0.3, 0.4) is 0 Å². The third-order valence-corrected chi connectivity index (χ3v) is 9.30. The molecule has 35 heavy (non-hydrogen) atoms. The number of aromatic nitrogens is 1. The molecule has 1 saturated heterocycles. The van der Waals surface area contributed by atoms with Gasteiger partial charge < -0.3 is 19.8 Å². The maximum absolute atomic E-state index is 11.8. The number of fused-ring (bicyclic) bond motifs is 1. The molecule has 4 rings (SSSR count). The Morgan fingerprint density at radius 2 is 2.11 bits per heavy atom. The van der Waals surface area contributed by atoms with Gasteiger partial charge in [0.1, 0.15) is 5.75 Å². The van der Waals surface area contributed by atoms with Crippen LogP contribution in [0.1, 0.15) is 49.3 Å². The van der Waals surface area contributed by atoms with Crippen LogP contribution in [-0.2, 0) is 4.79 Å². The first-order valence-electron chi connectivity index (χ1n) is 12.1. The molecule has 0 amide bonds. The number of hydrogen-bond acceptors (Lipinski definition) is 7. The molecule has 188 valence electrons. The summed E-state index contributed by atoms with van der Waals surface area (Å²) in [7, 11) is 1.63. The fourth-order valence-corrected chi connectivity index (χ4v) is 7.02. The smallest absolute Gasteiger partial charge is 0.303 e. The highest BCUT2D eigenvalue weighted by Crippen LogP contribution is 2.42. The molecule has 0 saturated carbocycles. The van der Waals surface area contributed by atoms with E-state index in [1.54, 1.807) is 24.6 Å². The van der Waals surface area contributed by atoms with E-state index >= 15 is 0 Å². The number of likely N-dealkylation sites (tertiary alicyclic amines) is 1. The molecule has 1 unspecified atom stereocenters. The summed E-state index contributed by atoms with van der Waals surface area (Å²) in [5.41, 5.74) is 2.34. The lowest BCUT2D eigenvalue weighted by molar-refractivity contribution is -0.141. The Hall–Kier alpha value is -2.13. The van der Waals surface area contributed by atoms with Gasteiger partial charge in [0.15, 0.2) is 0 Å². The number of ether oxygens (including phenoxy) is 1. The number of thiophene rings is 1. The van der Waals surface area contributed by atoms with Crippen LogP contribution in [0.2, 0.25) is 0 Å². The average Bonchev–Trinajstić information content (AvgIpc) is 3.36. The number of methoxy groups -OCH3 is 1. The van der Waals surface area contributed by atoms with Gasteiger partial charge in [-0.1, -0.05) is 6.07 Å². The highest BCUT2D eigenvalue weighted by atomic mass is 32.2. The van der Waals surface area contributed by atoms with Crippen molar-refractivity contribution in [1.29, 1.82) is 0 Å². The molecule has 3 aromatic rings. The van der Waals surface area contributed by atoms with E-state index in [2.05, 4.69) is 27.4 Å². The molecule has 6 nitrogen and oxygen atoms in total. The number of aliphatic hydroxyl groups is 1. The number of thioether (sulfide) groups is 1. The van der Waals surface area contributed by atoms with Gasteiger partial charge in [-0.15, -0.1) is 23.1 Å². The van der Waals surface area contributed by atoms with E-state index in [1.807, 2.05) is 36.9 Å². The first-order chi connectivity index (χ1) is 16.9. The SMILES string of the molecule is COc1ccc2ncc(C)c(C(O)CCC3(CC(=O)O)CCN(CCSc4cccs4)CC3)c2c1. The average molecular weight is 515 g/mol. The third kappa shape index (κ3) is 6.55. The molecule has 0 bridgehead atoms. The molecule has 1 atom stereocenters. The molecule has 1 aliphatic rings. The Morgan fingerprint density at radius 1 is 1.31 bits per heavy atom. The van der Waals surface area contributed by atoms with E-state index in [0.717, 1.165) is 66.0 Å². The molecule has 3 heterocycles. The number of pyridine rings is 1. The van der Waals surface area contributed by atoms with Crippen molar-refractivity contribution in [2.75, 3.05) is 32.5 Å². The molecule has 1 fully saturated rings. The third-order valence-electron chi connectivity index (χ3n) is 7.19. The monoisotopic (exact) mass is 514 g/mol. The molecule has 2 N–H and O–H groups in total. The Bertz CT molecular complexity index is 1130. The molecule has 1 aliphatic heterocycles. The lowest BCUT2D eigenvalue weighted by Crippen LogP contribution is -2.42. The summed E-state index contributed by atoms with van der Waals surface area (Å²) in [4.78, 5) is 18.7. The second-order valence-corrected chi connectivity index (χ2v) is 11.8. The van der Waals surface area contributed by atoms with E-state index in [-0.39, 0.29) is 11.8 Å². The summed E-state index contributed by atoms with van der Waals surface area (Å²) in [6, 6.07) is 9.93. The van der Waals surface area contributed by atoms with Gasteiger partial charge in [-0.2, -0.15) is 0 Å². The zero-order chi connectivity index (χ0) is 24.8. The highest BCUT2D eigenvalue weighted by Gasteiger charge is 2.37. The number of benzene rings is 1. The fourth-order valence-electron chi connectivity index (χ4n) is 5.16. The van der Waals surface area contributed by atoms with Crippen molar-refractivity contribution in [3.8, 4) is 5.75 Å². The number of piperidine rings is 1. The zero-order valence-electron chi connectivity index (χ0n) is 20.4. The molecule has 0 aliphatic carbocycles. The van der Waals surface area contributed by atoms with Gasteiger partial charge in [0, 0.05) is 23.9 Å². The Labute approximate surface area is 215 Å². The first-order valence-corrected chi connectivity index (χ1v) is 14.0. The quantitative estimate of drug-likeness (QED) is 0.314. The lowest BCUT2D eigenvalue weighted by Gasteiger charge is -2.41. The van der Waals surface area contributed by atoms with Crippen LogP contribution in [-0.4, -0.2) is 58.6 Å². The topological polar surface area (TPSA) is 82.9 Å². The second-order valence-electron chi connectivity index (χ2n) is 9.49. The van der Waals surface area contributed by atoms with Gasteiger partial charge >= 0.3 is 5.97 Å². The summed E-state index contributed by atoms with van der Waals surface area (Å²) >= 11 is 3.66. The van der Waals surface area contributed by atoms with E-state index in [9.17, 15) is 15.0 Å². The maximum Gasteiger partial charge on any atom is 0.303 e. The molecular weight excluding hydrogens is 480 g/mol. The van der Waals surface area contributed by atoms with Gasteiger partial charge in [-0.3, -0.25) is 9.78 Å². The summed E-state index contributed by atoms with van der Waals surface area (Å²) in [5.74, 6) is 1.02. The standard InChI is InChI=1S/C27H34N2O4S2/c1-19-18-28-22-6-5-20(33-2)16-21(22)26(19)23(30)7-8-27(17-24(31)32)9-11-29(12-10-27)13-15-35-25-4-3-14-34-25/h3-6,14,16,18,23,30H,7-13,15,17H2,1-2H3,(H,31,32). The first kappa shape index (κ1) is 25.9. The predicted molar refractivity (Wildman–Crippen MR) is 143 cm³/mol. The van der Waals surface area contributed by atoms with Crippen molar-refractivity contribution in [3.05, 3.63) is 53.0 Å². The molecule has 0 spiro atoms. The van der Waals surface area contributed by atoms with Crippen LogP contribution in [0, 0.1) is 12.3 Å². The lowest BCUT2D eigenvalue weighted by atomic mass is 9.71. The van der Waals surface area contributed by atoms with Crippen molar-refractivity contribution in [3.63, 3.8) is 0 Å². The normalized spacial score (nSPS) is 16.9. The van der Waals surface area contributed by atoms with Gasteiger partial charge in [-0.05, 0) is 91.9 Å². The Morgan fingerprint density at radius 3 is 2.80 bits per heavy atom. The summed E-state index contributed by atoms with van der Waals surface area (Å²) in [5, 5.41) is 23.9. The van der Waals surface area contributed by atoms with Crippen molar-refractivity contribution in [2.24, 2.45) is 5.41 Å². The number of nitrogens with zero attached hydrogens (tertiary/aromatic N) is 2. The summed E-state index contributed by atoms with van der Waals surface area (Å²) in [6.45, 7) is 4.79. The van der Waals surface area contributed by atoms with Crippen LogP contribution >= 0.6 is 23.1 Å². The minimum Gasteiger partial charge on any atom is -0.497 e. The van der Waals surface area contributed by atoms with Crippen molar-refractivity contribution in [1.82, 2.24) is 9.88 Å². The minimum atomic E-state index is -0.753. The molecule has 0 radical (unpaired) electrons. The van der Waals surface area contributed by atoms with E-state index < -0.39 is 12.1 Å². The maximum atomic E-state index is 11.8. The largest absolute Gasteiger partial charge is 0.497 e. The predicted octanol–water partition coefficient (Wildman–Crippen LogP) is 5.78. The van der Waals surface area contributed by atoms with Gasteiger partial charge in [0.25, 0.3) is 0 Å². The molecule has 2 aromatic heterocycles. The van der Waals surface area contributed by atoms with Crippen molar-refractivity contribution < 1.29 is 19.7 Å². The number of aryl methyl sites for hydroxylation is 1. The fraction of sp³-hybridized carbons (Fsp3) is 0.481. The number of aliphatic carboxylic acids is 1. The van der Waals surface area contributed by atoms with Crippen LogP contribution in [0.25, 0.3) is 10.9 Å². The number of carbonyl (C=O) groups is 1. The Balaban J connectivity index is 1.40. The van der Waals surface area contributed by atoms with Crippen molar-refractivity contribution in [2.45, 2.75) is 49.3 Å². The molecule has 1 aromatic carbocycles. The number of aliphatic hydroxyl groups excluding tert-OH is 1. The van der Waals surface area contributed by atoms with Gasteiger partial charge in [0.2, 0.25) is 0 Å². The summed E-state index contributed by atoms with van der Waals surface area (Å²) in [6.07, 6.45) is 4.18. The minimum absolute atomic E-state index is 0.154. The van der Waals surface area contributed by atoms with Gasteiger partial charge in [-0.25, -0.2) is 0 Å². The van der Waals surface area contributed by atoms with Crippen LogP contribution in [0.15, 0.2) is 46.1 Å². The van der Waals surface area contributed by atoms with Crippen LogP contribution in [0.4, 0.5) is 0 Å². The van der Waals surface area contributed by atoms with Gasteiger partial charge in [0.05, 0.1) is 29.4 Å². The molecular formula is C27H34N2O4S2. The van der Waals surface area contributed by atoms with Crippen molar-refractivity contribution >= 4 is 40.0 Å². The zero-order valence-corrected chi connectivity index (χ0v) is 22.0. The summed E-state index contributed by atoms with van der Waals surface area (Å²) < 4.78 is 6.73. The number of hydrogen-bond donors (Lipinski definition) is 2.